The quantitative estimate of drug-likeness (QED) is 0.0392. The summed E-state index contributed by atoms with van der Waals surface area (Å²) in [6.07, 6.45) is -41.8. The van der Waals surface area contributed by atoms with Crippen LogP contribution in [0.1, 0.15) is 382 Å². The third-order valence-electron chi connectivity index (χ3n) is 24.4. The lowest BCUT2D eigenvalue weighted by atomic mass is 9.75. The van der Waals surface area contributed by atoms with Gasteiger partial charge in [-0.15, -0.1) is 0 Å². The first-order valence-electron chi connectivity index (χ1n) is 81.8. The van der Waals surface area contributed by atoms with E-state index in [4.69, 9.17) is 147 Å². The Morgan fingerprint density at radius 1 is 0.277 bits per heavy atom. The molecular formula is C117H180N6O18. The van der Waals surface area contributed by atoms with Gasteiger partial charge in [-0.25, -0.2) is 0 Å². The van der Waals surface area contributed by atoms with Crippen molar-refractivity contribution in [3.05, 3.63) is 140 Å². The van der Waals surface area contributed by atoms with Crippen molar-refractivity contribution in [2.45, 2.75) is 291 Å². The van der Waals surface area contributed by atoms with Gasteiger partial charge in [0, 0.05) is 196 Å². The second-order valence-corrected chi connectivity index (χ2v) is 36.8. The first kappa shape index (κ1) is 49.5. The lowest BCUT2D eigenvalue weighted by Crippen LogP contribution is -2.48. The summed E-state index contributed by atoms with van der Waals surface area (Å²) < 4.78 is 670. The van der Waals surface area contributed by atoms with Crippen LogP contribution in [0.2, 0.25) is 0 Å². The molecule has 0 amide bonds. The third-order valence-corrected chi connectivity index (χ3v) is 24.4. The van der Waals surface area contributed by atoms with Crippen LogP contribution in [0.5, 0.6) is 69.0 Å². The van der Waals surface area contributed by atoms with E-state index in [1.165, 1.54) is 88.3 Å². The summed E-state index contributed by atoms with van der Waals surface area (Å²) in [6, 6.07) is -0.466. The minimum absolute atomic E-state index is 0.00678. The monoisotopic (exact) mass is 2030 g/mol. The molecule has 0 bridgehead atoms. The molecule has 141 heavy (non-hydrogen) atoms. The number of hydrogen-bond donors (Lipinski definition) is 6. The first-order chi connectivity index (χ1) is 94.9. The average molecular weight is 2030 g/mol. The summed E-state index contributed by atoms with van der Waals surface area (Å²) in [7, 11) is 6.88. The van der Waals surface area contributed by atoms with E-state index in [0.29, 0.717) is 35.5 Å². The predicted octanol–water partition coefficient (Wildman–Crippen LogP) is 19.3. The van der Waals surface area contributed by atoms with Crippen LogP contribution in [0, 0.1) is 69.5 Å². The highest BCUT2D eigenvalue weighted by Crippen LogP contribution is 2.53. The molecule has 24 heteroatoms. The van der Waals surface area contributed by atoms with Crippen LogP contribution in [0.25, 0.3) is 0 Å². The molecule has 6 N–H and O–H groups in total. The van der Waals surface area contributed by atoms with Gasteiger partial charge in [-0.05, 0) is 324 Å². The Bertz CT molecular complexity index is 8190. The number of aliphatic hydroxyl groups is 6. The standard InChI is InChI=1S/3C20H31NO3.3C19H29NO3/c3*1-20(2,3)11-14-12-21-7-6-13-8-18(23-4)19(24-5)9-15(13)16(21)10-17(14)22;3*1-12(2)7-14-11-20-6-5-13-8-18(22-3)19(23-4)9-15(13)16(20)10-17(14)21/h3*8-9,14,16-17,22H,6-7,10-12H2,1-5H3;3*8-9,12,14,16-17,21H,5-7,10-11H2,1-4H3/i1D3,2D3,5D3,6D2,7D2,11D2,12D2,16D;2*1D3,2D3,6D2,7D2,11D2,12D2,16D;4D3,5D2,6D2,11D2,16D;2*5D2,6D2,11D2,16D. The highest BCUT2D eigenvalue weighted by atomic mass is 16.5. The number of benzene rings is 6. The van der Waals surface area contributed by atoms with Gasteiger partial charge >= 0.3 is 0 Å². The summed E-state index contributed by atoms with van der Waals surface area (Å²) in [5, 5.41) is 66.3. The van der Waals surface area contributed by atoms with Gasteiger partial charge in [0.1, 0.15) is 0 Å². The summed E-state index contributed by atoms with van der Waals surface area (Å²) in [5.41, 5.74) is -12.9. The van der Waals surface area contributed by atoms with E-state index in [9.17, 15) is 38.9 Å². The second-order valence-electron chi connectivity index (χ2n) is 36.8. The minimum Gasteiger partial charge on any atom is -0.493 e. The number of aryl methyl sites for hydroxylation is 6. The molecule has 12 heterocycles. The first-order valence-corrected chi connectivity index (χ1v) is 45.8. The van der Waals surface area contributed by atoms with E-state index in [0.717, 1.165) is 55.6 Å². The highest BCUT2D eigenvalue weighted by molar-refractivity contribution is 5.55. The molecule has 18 atom stereocenters. The molecule has 24 nitrogen and oxygen atoms in total. The SMILES string of the molecule is [2H]C([2H])([2H])Oc1cc2c(cc1OC)C([2H])([2H])C([2H])([2H])N1C2([2H])CC(O)C(C([2H])([2H])C(C)(C([2H])([2H])[2H])C([2H])([2H])[2H])C1([2H])[2H].[2H]C([2H])([2H])Oc1cc2c(cc1OC)C([2H])([2H])C([2H])([2H])N1C2([2H])CC(O)C(CC(C)C)C1([2H])[2H].[2H]C12CC(O)C(C([2H])([2H])C(C)(C([2H])([2H])[2H])C([2H])([2H])[2H])C([2H])([2H])N1C([2H])([2H])C([2H])([2H])c1cc(OC)c(OC)cc12.[2H]C12CC(O)C(C([2H])([2H])C(C)(C([2H])([2H])[2H])C([2H])([2H])[2H])C([2H])([2H])N1C([2H])([2H])C([2H])([2H])c1cc(OC)c(OC)cc12.[2H]C12CC(O)C(CC(C)C)C([2H])([2H])N1C([2H])([2H])C([2H])([2H])c1cc(OC)c(OC)cc12.[2H]C12CC(O)C(CC(C)C)C([2H])([2H])N1C([2H])([2H])C([2H])([2H])c1cc(OC)c(OC)cc12. The van der Waals surface area contributed by atoms with Crippen LogP contribution in [0.4, 0.5) is 0 Å². The Morgan fingerprint density at radius 3 is 0.589 bits per heavy atom. The molecule has 12 aliphatic rings. The zero-order valence-electron chi connectivity index (χ0n) is 154. The molecule has 0 aromatic heterocycles. The molecule has 6 fully saturated rings. The van der Waals surface area contributed by atoms with Crippen LogP contribution >= 0.6 is 0 Å². The predicted molar refractivity (Wildman–Crippen MR) is 561 cm³/mol. The van der Waals surface area contributed by atoms with Crippen LogP contribution in [0.3, 0.4) is 0 Å². The Hall–Kier alpha value is -7.56. The fourth-order valence-corrected chi connectivity index (χ4v) is 17.7. The Morgan fingerprint density at radius 2 is 0.433 bits per heavy atom. The van der Waals surface area contributed by atoms with E-state index in [2.05, 4.69) is 0 Å². The number of aliphatic hydroxyl groups excluding tert-OH is 6. The summed E-state index contributed by atoms with van der Waals surface area (Å²) >= 11 is 0. The summed E-state index contributed by atoms with van der Waals surface area (Å²) in [6.45, 7) is -45.6. The molecule has 0 aliphatic carbocycles. The summed E-state index contributed by atoms with van der Waals surface area (Å²) in [5.74, 6) is -11.3. The van der Waals surface area contributed by atoms with Crippen LogP contribution in [-0.2, 0) is 38.2 Å². The van der Waals surface area contributed by atoms with Crippen molar-refractivity contribution < 1.29 is 186 Å². The van der Waals surface area contributed by atoms with E-state index in [1.54, 1.807) is 0 Å². The van der Waals surface area contributed by atoms with E-state index in [-0.39, 0.29) is 172 Å². The van der Waals surface area contributed by atoms with Crippen molar-refractivity contribution in [3.63, 3.8) is 0 Å². The van der Waals surface area contributed by atoms with Gasteiger partial charge < -0.3 is 87.5 Å². The van der Waals surface area contributed by atoms with Gasteiger partial charge in [-0.2, -0.15) is 0 Å². The van der Waals surface area contributed by atoms with Crippen LogP contribution in [-0.4, -0.2) is 260 Å². The minimum atomic E-state index is -3.65. The fourth-order valence-electron chi connectivity index (χ4n) is 17.7. The zero-order chi connectivity index (χ0) is 165. The van der Waals surface area contributed by atoms with Gasteiger partial charge in [-0.3, -0.25) is 29.4 Å². The molecule has 0 radical (unpaired) electrons. The molecule has 6 aromatic carbocycles. The van der Waals surface area contributed by atoms with Crippen molar-refractivity contribution >= 4 is 0 Å². The number of hydrogen-bond acceptors (Lipinski definition) is 24. The van der Waals surface area contributed by atoms with Crippen molar-refractivity contribution in [3.8, 4) is 69.0 Å². The van der Waals surface area contributed by atoms with Crippen molar-refractivity contribution in [1.82, 2.24) is 29.4 Å². The number of methoxy groups -OCH3 is 12. The average Bonchev–Trinajstić information content (AvgIpc) is 0.661. The second kappa shape index (κ2) is 48.4. The van der Waals surface area contributed by atoms with Crippen LogP contribution in [0.15, 0.2) is 72.8 Å². The molecule has 0 saturated carbocycles. The van der Waals surface area contributed by atoms with Gasteiger partial charge in [0.05, 0.1) is 138 Å². The smallest absolute Gasteiger partial charge is 0.161 e. The molecule has 12 aliphatic heterocycles. The Kier molecular flexibility index (Phi) is 17.0. The normalized spacial score (nSPS) is 45.5. The number of rotatable bonds is 21. The van der Waals surface area contributed by atoms with Crippen LogP contribution < -0.4 is 56.8 Å². The van der Waals surface area contributed by atoms with Crippen molar-refractivity contribution in [2.75, 3.05) is 163 Å². The molecule has 0 spiro atoms. The molecule has 786 valence electrons. The molecule has 6 aromatic rings. The lowest BCUT2D eigenvalue weighted by molar-refractivity contribution is -0.0259. The van der Waals surface area contributed by atoms with E-state index >= 15 is 0 Å². The fraction of sp³-hybridized carbons (Fsp3) is 0.692. The van der Waals surface area contributed by atoms with Gasteiger partial charge in [0.15, 0.2) is 69.0 Å². The largest absolute Gasteiger partial charge is 0.493 e. The van der Waals surface area contributed by atoms with E-state index < -0.39 is 369 Å². The zero-order valence-corrected chi connectivity index (χ0v) is 82.2. The molecule has 18 rings (SSSR count). The molecule has 6 saturated heterocycles. The maximum Gasteiger partial charge on any atom is 0.161 e. The number of ether oxygens (including phenoxy) is 12. The van der Waals surface area contributed by atoms with Crippen molar-refractivity contribution in [2.24, 2.45) is 69.5 Å². The Labute approximate surface area is 947 Å². The maximum absolute atomic E-state index is 11.3. The maximum atomic E-state index is 11.3. The van der Waals surface area contributed by atoms with Gasteiger partial charge in [0.2, 0.25) is 0 Å². The van der Waals surface area contributed by atoms with Crippen molar-refractivity contribution in [1.29, 1.82) is 0 Å². The number of fused-ring (bicyclic) bond motifs is 18. The summed E-state index contributed by atoms with van der Waals surface area (Å²) in [4.78, 5) is 2.20. The third kappa shape index (κ3) is 26.9. The lowest BCUT2D eigenvalue weighted by Gasteiger charge is -2.47. The Balaban J connectivity index is 0.000000205. The topological polar surface area (TPSA) is 252 Å². The van der Waals surface area contributed by atoms with E-state index in [1.807, 2.05) is 41.5 Å². The molecular weight excluding hydrogens is 1780 g/mol. The van der Waals surface area contributed by atoms with Gasteiger partial charge in [0.25, 0.3) is 0 Å². The number of piperidine rings is 6. The highest BCUT2D eigenvalue weighted by Gasteiger charge is 2.47. The molecule has 18 unspecified atom stereocenters. The number of nitrogens with zero attached hydrogens (tertiary/aromatic N) is 6. The van der Waals surface area contributed by atoms with Gasteiger partial charge in [-0.1, -0.05) is 103 Å².